The van der Waals surface area contributed by atoms with Crippen LogP contribution in [0.1, 0.15) is 0 Å². The van der Waals surface area contributed by atoms with Crippen molar-refractivity contribution in [3.63, 3.8) is 0 Å². The lowest BCUT2D eigenvalue weighted by Crippen LogP contribution is -2.20. The van der Waals surface area contributed by atoms with Gasteiger partial charge in [-0.25, -0.2) is 18.4 Å². The number of nitrogens with one attached hydrogen (secondary N) is 1. The van der Waals surface area contributed by atoms with Gasteiger partial charge in [0, 0.05) is 12.2 Å². The van der Waals surface area contributed by atoms with Gasteiger partial charge in [-0.3, -0.25) is 0 Å². The van der Waals surface area contributed by atoms with Crippen LogP contribution in [0.3, 0.4) is 0 Å². The molecule has 0 radical (unpaired) electrons. The summed E-state index contributed by atoms with van der Waals surface area (Å²) < 4.78 is 27.1. The number of nitrogen functional groups attached to an aromatic ring is 1. The number of sulfonamides is 1. The largest absolute Gasteiger partial charge is 0.448 e. The van der Waals surface area contributed by atoms with Crippen LogP contribution in [0.25, 0.3) is 0 Å². The zero-order valence-corrected chi connectivity index (χ0v) is 10.2. The van der Waals surface area contributed by atoms with Crippen molar-refractivity contribution in [2.24, 2.45) is 10.9 Å². The molecule has 100 valence electrons. The summed E-state index contributed by atoms with van der Waals surface area (Å²) in [5.74, 6) is 0. The minimum Gasteiger partial charge on any atom is -0.448 e. The van der Waals surface area contributed by atoms with Crippen molar-refractivity contribution >= 4 is 27.5 Å². The van der Waals surface area contributed by atoms with Crippen molar-refractivity contribution in [1.29, 1.82) is 0 Å². The van der Waals surface area contributed by atoms with Crippen LogP contribution in [0.4, 0.5) is 16.2 Å². The Bertz CT molecular complexity index is 543. The SMILES string of the molecule is NC(=O)OCCNc1ccc(N)cc1S(N)(=O)=O. The lowest BCUT2D eigenvalue weighted by atomic mass is 10.3. The first-order chi connectivity index (χ1) is 8.30. The first-order valence-corrected chi connectivity index (χ1v) is 6.44. The van der Waals surface area contributed by atoms with Crippen LogP contribution >= 0.6 is 0 Å². The van der Waals surface area contributed by atoms with Gasteiger partial charge < -0.3 is 21.5 Å². The van der Waals surface area contributed by atoms with Crippen LogP contribution < -0.4 is 21.9 Å². The molecule has 8 nitrogen and oxygen atoms in total. The molecule has 0 aliphatic heterocycles. The topological polar surface area (TPSA) is 151 Å². The van der Waals surface area contributed by atoms with E-state index >= 15 is 0 Å². The molecule has 0 aromatic heterocycles. The molecule has 0 heterocycles. The van der Waals surface area contributed by atoms with Gasteiger partial charge in [-0.2, -0.15) is 0 Å². The number of primary amides is 1. The summed E-state index contributed by atoms with van der Waals surface area (Å²) >= 11 is 0. The number of ether oxygens (including phenoxy) is 1. The molecule has 7 N–H and O–H groups in total. The number of hydrogen-bond donors (Lipinski definition) is 4. The molecule has 9 heteroatoms. The molecule has 0 fully saturated rings. The third kappa shape index (κ3) is 4.11. The summed E-state index contributed by atoms with van der Waals surface area (Å²) in [7, 11) is -3.88. The molecule has 1 rings (SSSR count). The number of amides is 1. The molecule has 0 saturated heterocycles. The van der Waals surface area contributed by atoms with Crippen LogP contribution in [0.2, 0.25) is 0 Å². The summed E-state index contributed by atoms with van der Waals surface area (Å²) in [6.45, 7) is 0.194. The predicted octanol–water partition coefficient (Wildman–Crippen LogP) is -0.577. The monoisotopic (exact) mass is 274 g/mol. The molecule has 1 amide bonds. The number of benzene rings is 1. The molecule has 0 atom stereocenters. The highest BCUT2D eigenvalue weighted by molar-refractivity contribution is 7.89. The van der Waals surface area contributed by atoms with Gasteiger partial charge in [0.1, 0.15) is 11.5 Å². The van der Waals surface area contributed by atoms with E-state index in [1.54, 1.807) is 0 Å². The van der Waals surface area contributed by atoms with E-state index in [-0.39, 0.29) is 29.4 Å². The molecule has 18 heavy (non-hydrogen) atoms. The predicted molar refractivity (Wildman–Crippen MR) is 66.3 cm³/mol. The second kappa shape index (κ2) is 5.56. The van der Waals surface area contributed by atoms with Gasteiger partial charge in [-0.15, -0.1) is 0 Å². The number of hydrogen-bond acceptors (Lipinski definition) is 6. The van der Waals surface area contributed by atoms with E-state index in [0.717, 1.165) is 0 Å². The first-order valence-electron chi connectivity index (χ1n) is 4.89. The van der Waals surface area contributed by atoms with Crippen LogP contribution in [-0.4, -0.2) is 27.7 Å². The second-order valence-corrected chi connectivity index (χ2v) is 4.92. The molecular weight excluding hydrogens is 260 g/mol. The maximum Gasteiger partial charge on any atom is 0.404 e. The fourth-order valence-electron chi connectivity index (χ4n) is 1.26. The maximum atomic E-state index is 11.3. The van der Waals surface area contributed by atoms with Gasteiger partial charge in [0.15, 0.2) is 0 Å². The number of carbonyl (C=O) groups excluding carboxylic acids is 1. The van der Waals surface area contributed by atoms with Crippen molar-refractivity contribution < 1.29 is 17.9 Å². The van der Waals surface area contributed by atoms with E-state index < -0.39 is 16.1 Å². The number of primary sulfonamides is 1. The summed E-state index contributed by atoms with van der Waals surface area (Å²) in [5.41, 5.74) is 10.8. The Balaban J connectivity index is 2.80. The quantitative estimate of drug-likeness (QED) is 0.416. The van der Waals surface area contributed by atoms with Crippen molar-refractivity contribution in [2.75, 3.05) is 24.2 Å². The van der Waals surface area contributed by atoms with Crippen LogP contribution in [0.5, 0.6) is 0 Å². The number of carbonyl (C=O) groups is 1. The Morgan fingerprint density at radius 2 is 2.06 bits per heavy atom. The van der Waals surface area contributed by atoms with Crippen LogP contribution in [0.15, 0.2) is 23.1 Å². The molecular formula is C9H14N4O4S. The highest BCUT2D eigenvalue weighted by Crippen LogP contribution is 2.22. The van der Waals surface area contributed by atoms with E-state index in [4.69, 9.17) is 16.6 Å². The Kier molecular flexibility index (Phi) is 4.34. The minimum absolute atomic E-state index is 0.00374. The summed E-state index contributed by atoms with van der Waals surface area (Å²) in [6.07, 6.45) is -0.902. The van der Waals surface area contributed by atoms with Crippen molar-refractivity contribution in [2.45, 2.75) is 4.90 Å². The third-order valence-corrected chi connectivity index (χ3v) is 2.92. The average molecular weight is 274 g/mol. The fraction of sp³-hybridized carbons (Fsp3) is 0.222. The minimum atomic E-state index is -3.88. The highest BCUT2D eigenvalue weighted by Gasteiger charge is 2.14. The Hall–Kier alpha value is -2.00. The normalized spacial score (nSPS) is 10.9. The Morgan fingerprint density at radius 1 is 1.39 bits per heavy atom. The van der Waals surface area contributed by atoms with E-state index in [1.807, 2.05) is 0 Å². The Morgan fingerprint density at radius 3 is 2.61 bits per heavy atom. The Labute approximate surface area is 104 Å². The zero-order valence-electron chi connectivity index (χ0n) is 9.42. The maximum absolute atomic E-state index is 11.3. The van der Waals surface area contributed by atoms with Crippen LogP contribution in [0, 0.1) is 0 Å². The number of rotatable bonds is 5. The number of anilines is 2. The van der Waals surface area contributed by atoms with E-state index in [0.29, 0.717) is 0 Å². The van der Waals surface area contributed by atoms with E-state index in [9.17, 15) is 13.2 Å². The van der Waals surface area contributed by atoms with Gasteiger partial charge in [-0.05, 0) is 18.2 Å². The smallest absolute Gasteiger partial charge is 0.404 e. The first kappa shape index (κ1) is 14.1. The average Bonchev–Trinajstić information content (AvgIpc) is 2.24. The molecule has 0 aliphatic rings. The van der Waals surface area contributed by atoms with Gasteiger partial charge >= 0.3 is 6.09 Å². The zero-order chi connectivity index (χ0) is 13.8. The second-order valence-electron chi connectivity index (χ2n) is 3.39. The molecule has 0 saturated carbocycles. The van der Waals surface area contributed by atoms with Crippen molar-refractivity contribution in [1.82, 2.24) is 0 Å². The lowest BCUT2D eigenvalue weighted by molar-refractivity contribution is 0.161. The van der Waals surface area contributed by atoms with Gasteiger partial charge in [0.2, 0.25) is 10.0 Å². The lowest BCUT2D eigenvalue weighted by Gasteiger charge is -2.11. The molecule has 0 spiro atoms. The highest BCUT2D eigenvalue weighted by atomic mass is 32.2. The van der Waals surface area contributed by atoms with Gasteiger partial charge in [0.05, 0.1) is 5.69 Å². The fourth-order valence-corrected chi connectivity index (χ4v) is 2.00. The molecule has 1 aromatic rings. The standard InChI is InChI=1S/C9H14N4O4S/c10-6-1-2-7(8(5-6)18(12,15)16)13-3-4-17-9(11)14/h1-2,5,13H,3-4,10H2,(H2,11,14)(H2,12,15,16). The number of nitrogens with two attached hydrogens (primary N) is 3. The van der Waals surface area contributed by atoms with Gasteiger partial charge in [-0.1, -0.05) is 0 Å². The molecule has 1 aromatic carbocycles. The summed E-state index contributed by atoms with van der Waals surface area (Å²) in [4.78, 5) is 10.2. The van der Waals surface area contributed by atoms with E-state index in [2.05, 4.69) is 10.1 Å². The molecule has 0 bridgehead atoms. The molecule has 0 unspecified atom stereocenters. The van der Waals surface area contributed by atoms with Crippen molar-refractivity contribution in [3.8, 4) is 0 Å². The van der Waals surface area contributed by atoms with Gasteiger partial charge in [0.25, 0.3) is 0 Å². The third-order valence-electron chi connectivity index (χ3n) is 1.97. The molecule has 0 aliphatic carbocycles. The summed E-state index contributed by atoms with van der Waals surface area (Å²) in [5, 5.41) is 7.81. The van der Waals surface area contributed by atoms with Crippen molar-refractivity contribution in [3.05, 3.63) is 18.2 Å². The van der Waals surface area contributed by atoms with E-state index in [1.165, 1.54) is 18.2 Å². The van der Waals surface area contributed by atoms with Crippen LogP contribution in [-0.2, 0) is 14.8 Å². The summed E-state index contributed by atoms with van der Waals surface area (Å²) in [6, 6.07) is 4.23.